The molecule has 0 bridgehead atoms. The topological polar surface area (TPSA) is 130 Å². The summed E-state index contributed by atoms with van der Waals surface area (Å²) in [7, 11) is 0. The summed E-state index contributed by atoms with van der Waals surface area (Å²) in [6, 6.07) is 8.32. The highest BCUT2D eigenvalue weighted by Crippen LogP contribution is 2.46. The first kappa shape index (κ1) is 33.1. The average Bonchev–Trinajstić information content (AvgIpc) is 3.53. The predicted octanol–water partition coefficient (Wildman–Crippen LogP) is 7.62. The Hall–Kier alpha value is -3.43. The van der Waals surface area contributed by atoms with Gasteiger partial charge >= 0.3 is 12.2 Å². The standard InChI is InChI=1S/C32H49N5O5/c1-8-9-10-11-12-13-15-23-16-18-24(19-17-23)26-33-25(42-36-26)22-32(30(2,3)4)20-14-21-37(32)27(34-28(38)39)35-29(40)41-31(5,6)7/h16-19H,8-15,20-22H2,1-7H3,(H,38,39)(H,34,35,40)/t32-/m0/s1. The molecule has 2 heterocycles. The largest absolute Gasteiger partial charge is 0.463 e. The third-order valence-electron chi connectivity index (χ3n) is 7.90. The van der Waals surface area contributed by atoms with Crippen molar-refractivity contribution in [1.29, 1.82) is 0 Å². The molecule has 0 radical (unpaired) electrons. The lowest BCUT2D eigenvalue weighted by atomic mass is 9.69. The number of amides is 2. The second kappa shape index (κ2) is 14.2. The molecule has 10 nitrogen and oxygen atoms in total. The highest BCUT2D eigenvalue weighted by Gasteiger charge is 2.52. The maximum absolute atomic E-state index is 12.6. The first-order valence-corrected chi connectivity index (χ1v) is 15.3. The third-order valence-corrected chi connectivity index (χ3v) is 7.90. The van der Waals surface area contributed by atoms with Crippen molar-refractivity contribution in [2.24, 2.45) is 10.4 Å². The van der Waals surface area contributed by atoms with Crippen molar-refractivity contribution in [3.63, 3.8) is 0 Å². The Labute approximate surface area is 250 Å². The number of hydrogen-bond donors (Lipinski definition) is 2. The van der Waals surface area contributed by atoms with Crippen LogP contribution in [0.4, 0.5) is 9.59 Å². The predicted molar refractivity (Wildman–Crippen MR) is 163 cm³/mol. The van der Waals surface area contributed by atoms with E-state index in [0.717, 1.165) is 24.8 Å². The molecule has 2 N–H and O–H groups in total. The van der Waals surface area contributed by atoms with Crippen molar-refractivity contribution in [1.82, 2.24) is 20.4 Å². The molecule has 0 spiro atoms. The maximum Gasteiger partial charge on any atom is 0.434 e. The molecule has 1 saturated heterocycles. The zero-order valence-corrected chi connectivity index (χ0v) is 26.5. The molecule has 232 valence electrons. The number of unbranched alkanes of at least 4 members (excludes halogenated alkanes) is 5. The molecule has 0 aliphatic carbocycles. The molecular weight excluding hydrogens is 534 g/mol. The van der Waals surface area contributed by atoms with Crippen LogP contribution in [-0.2, 0) is 17.6 Å². The van der Waals surface area contributed by atoms with E-state index in [1.54, 1.807) is 20.8 Å². The van der Waals surface area contributed by atoms with Crippen molar-refractivity contribution < 1.29 is 24.0 Å². The second-order valence-corrected chi connectivity index (χ2v) is 13.3. The molecule has 3 rings (SSSR count). The summed E-state index contributed by atoms with van der Waals surface area (Å²) in [5, 5.41) is 16.4. The summed E-state index contributed by atoms with van der Waals surface area (Å²) >= 11 is 0. The van der Waals surface area contributed by atoms with Crippen LogP contribution in [0.1, 0.15) is 111 Å². The van der Waals surface area contributed by atoms with Crippen LogP contribution in [0.25, 0.3) is 11.4 Å². The summed E-state index contributed by atoms with van der Waals surface area (Å²) in [4.78, 5) is 34.7. The molecule has 0 unspecified atom stereocenters. The Bertz CT molecular complexity index is 1210. The van der Waals surface area contributed by atoms with E-state index < -0.39 is 23.3 Å². The Balaban J connectivity index is 1.78. The Morgan fingerprint density at radius 1 is 1.07 bits per heavy atom. The van der Waals surface area contributed by atoms with Crippen molar-refractivity contribution in [2.75, 3.05) is 6.54 Å². The minimum atomic E-state index is -1.41. The average molecular weight is 584 g/mol. The summed E-state index contributed by atoms with van der Waals surface area (Å²) in [6.07, 6.45) is 8.38. The molecule has 2 aromatic rings. The summed E-state index contributed by atoms with van der Waals surface area (Å²) in [6.45, 7) is 14.2. The van der Waals surface area contributed by atoms with Crippen molar-refractivity contribution in [3.05, 3.63) is 35.7 Å². The van der Waals surface area contributed by atoms with Gasteiger partial charge in [0.1, 0.15) is 5.60 Å². The molecule has 10 heteroatoms. The van der Waals surface area contributed by atoms with Crippen LogP contribution in [-0.4, -0.2) is 56.0 Å². The molecule has 1 aromatic heterocycles. The van der Waals surface area contributed by atoms with Crippen LogP contribution >= 0.6 is 0 Å². The van der Waals surface area contributed by atoms with Gasteiger partial charge in [0.05, 0.1) is 12.0 Å². The lowest BCUT2D eigenvalue weighted by molar-refractivity contribution is 0.0495. The highest BCUT2D eigenvalue weighted by atomic mass is 16.6. The number of nitrogens with one attached hydrogen (secondary N) is 1. The fourth-order valence-corrected chi connectivity index (χ4v) is 5.68. The number of likely N-dealkylation sites (tertiary alicyclic amines) is 1. The number of aromatic nitrogens is 2. The quantitative estimate of drug-likeness (QED) is 0.166. The normalized spacial score (nSPS) is 17.9. The van der Waals surface area contributed by atoms with Crippen molar-refractivity contribution in [3.8, 4) is 11.4 Å². The van der Waals surface area contributed by atoms with Crippen LogP contribution in [0, 0.1) is 5.41 Å². The number of carbonyl (C=O) groups is 2. The summed E-state index contributed by atoms with van der Waals surface area (Å²) < 4.78 is 11.1. The van der Waals surface area contributed by atoms with E-state index >= 15 is 0 Å². The molecule has 1 aromatic carbocycles. The van der Waals surface area contributed by atoms with Gasteiger partial charge in [-0.05, 0) is 57.4 Å². The monoisotopic (exact) mass is 583 g/mol. The van der Waals surface area contributed by atoms with Gasteiger partial charge in [0.15, 0.2) is 0 Å². The van der Waals surface area contributed by atoms with E-state index in [9.17, 15) is 14.7 Å². The Kier molecular flexibility index (Phi) is 11.2. The molecule has 1 aliphatic rings. The summed E-state index contributed by atoms with van der Waals surface area (Å²) in [5.74, 6) is 0.885. The number of guanidine groups is 1. The molecule has 1 atom stereocenters. The van der Waals surface area contributed by atoms with E-state index in [2.05, 4.69) is 55.3 Å². The van der Waals surface area contributed by atoms with Crippen molar-refractivity contribution in [2.45, 2.75) is 124 Å². The SMILES string of the molecule is CCCCCCCCc1ccc(-c2noc(C[C@]3(C(C)(C)C)CCCN3C(=NC(=O)O)NC(=O)OC(C)(C)C)n2)cc1. The van der Waals surface area contributed by atoms with Gasteiger partial charge in [0.25, 0.3) is 0 Å². The smallest absolute Gasteiger partial charge is 0.434 e. The van der Waals surface area contributed by atoms with E-state index in [-0.39, 0.29) is 11.4 Å². The zero-order valence-electron chi connectivity index (χ0n) is 26.5. The number of nitrogens with zero attached hydrogens (tertiary/aromatic N) is 4. The van der Waals surface area contributed by atoms with Gasteiger partial charge in [0, 0.05) is 12.1 Å². The van der Waals surface area contributed by atoms with E-state index in [1.807, 2.05) is 17.0 Å². The number of ether oxygens (including phenoxy) is 1. The molecular formula is C32H49N5O5. The molecule has 42 heavy (non-hydrogen) atoms. The number of aryl methyl sites for hydroxylation is 1. The van der Waals surface area contributed by atoms with Gasteiger partial charge in [-0.25, -0.2) is 9.59 Å². The molecule has 2 amide bonds. The molecule has 1 fully saturated rings. The fourth-order valence-electron chi connectivity index (χ4n) is 5.68. The van der Waals surface area contributed by atoms with Crippen LogP contribution in [0.15, 0.2) is 33.8 Å². The van der Waals surface area contributed by atoms with Crippen molar-refractivity contribution >= 4 is 18.1 Å². The van der Waals surface area contributed by atoms with Crippen LogP contribution < -0.4 is 5.32 Å². The summed E-state index contributed by atoms with van der Waals surface area (Å²) in [5.41, 5.74) is 0.405. The number of aliphatic imine (C=N–C) groups is 1. The van der Waals surface area contributed by atoms with Gasteiger partial charge in [-0.2, -0.15) is 4.98 Å². The number of carboxylic acid groups (broad SMARTS) is 1. The minimum absolute atomic E-state index is 0.0649. The van der Waals surface area contributed by atoms with Gasteiger partial charge in [-0.15, -0.1) is 4.99 Å². The number of hydrogen-bond acceptors (Lipinski definition) is 6. The minimum Gasteiger partial charge on any atom is -0.463 e. The van der Waals surface area contributed by atoms with Crippen LogP contribution in [0.5, 0.6) is 0 Å². The number of carbonyl (C=O) groups excluding carboxylic acids is 1. The first-order chi connectivity index (χ1) is 19.7. The number of benzene rings is 1. The van der Waals surface area contributed by atoms with Gasteiger partial charge in [0.2, 0.25) is 17.7 Å². The van der Waals surface area contributed by atoms with Gasteiger partial charge in [-0.1, -0.05) is 89.2 Å². The fraction of sp³-hybridized carbons (Fsp3) is 0.656. The second-order valence-electron chi connectivity index (χ2n) is 13.3. The lowest BCUT2D eigenvalue weighted by Crippen LogP contribution is -2.60. The Morgan fingerprint density at radius 2 is 1.74 bits per heavy atom. The van der Waals surface area contributed by atoms with Crippen LogP contribution in [0.3, 0.4) is 0 Å². The highest BCUT2D eigenvalue weighted by molar-refractivity contribution is 5.99. The van der Waals surface area contributed by atoms with Gasteiger partial charge in [-0.3, -0.25) is 5.32 Å². The first-order valence-electron chi connectivity index (χ1n) is 15.3. The number of rotatable bonds is 10. The van der Waals surface area contributed by atoms with E-state index in [4.69, 9.17) is 14.2 Å². The van der Waals surface area contributed by atoms with E-state index in [0.29, 0.717) is 24.7 Å². The van der Waals surface area contributed by atoms with Gasteiger partial charge < -0.3 is 19.3 Å². The molecule has 0 saturated carbocycles. The van der Waals surface area contributed by atoms with Crippen LogP contribution in [0.2, 0.25) is 0 Å². The zero-order chi connectivity index (χ0) is 31.0. The Morgan fingerprint density at radius 3 is 2.36 bits per heavy atom. The van der Waals surface area contributed by atoms with E-state index in [1.165, 1.54) is 44.1 Å². The third kappa shape index (κ3) is 9.03. The maximum atomic E-state index is 12.6. The number of alkyl carbamates (subject to hydrolysis) is 1. The molecule has 1 aliphatic heterocycles. The lowest BCUT2D eigenvalue weighted by Gasteiger charge is -2.48.